The number of carbonyl (C=O) groups is 1. The lowest BCUT2D eigenvalue weighted by Crippen LogP contribution is -2.48. The van der Waals surface area contributed by atoms with Crippen molar-refractivity contribution in [2.24, 2.45) is 10.7 Å². The molecule has 1 spiro atoms. The van der Waals surface area contributed by atoms with E-state index in [0.29, 0.717) is 52.0 Å². The zero-order valence-electron chi connectivity index (χ0n) is 15.4. The maximum absolute atomic E-state index is 11.7. The first-order chi connectivity index (χ1) is 12.6. The van der Waals surface area contributed by atoms with Gasteiger partial charge in [0.1, 0.15) is 6.10 Å². The highest BCUT2D eigenvalue weighted by Crippen LogP contribution is 2.33. The summed E-state index contributed by atoms with van der Waals surface area (Å²) in [4.78, 5) is 17.8. The quantitative estimate of drug-likeness (QED) is 0.546. The van der Waals surface area contributed by atoms with Crippen LogP contribution in [-0.4, -0.2) is 80.9 Å². The first kappa shape index (κ1) is 19.2. The molecule has 0 aliphatic carbocycles. The molecule has 3 rings (SSSR count). The number of piperidine rings is 1. The smallest absolute Gasteiger partial charge is 0.409 e. The molecule has 148 valence electrons. The van der Waals surface area contributed by atoms with Crippen LogP contribution in [0.15, 0.2) is 4.99 Å². The molecule has 0 radical (unpaired) electrons. The summed E-state index contributed by atoms with van der Waals surface area (Å²) in [6, 6.07) is 0.215. The van der Waals surface area contributed by atoms with Crippen molar-refractivity contribution >= 4 is 12.1 Å². The summed E-state index contributed by atoms with van der Waals surface area (Å²) in [5.74, 6) is -0.0725. The molecular formula is C17H30N4O5. The van der Waals surface area contributed by atoms with Gasteiger partial charge >= 0.3 is 6.09 Å². The molecule has 1 amide bonds. The molecule has 3 N–H and O–H groups in total. The number of rotatable bonds is 4. The molecule has 9 heteroatoms. The van der Waals surface area contributed by atoms with Crippen LogP contribution in [0.1, 0.15) is 32.6 Å². The Balaban J connectivity index is 1.37. The fourth-order valence-corrected chi connectivity index (χ4v) is 3.53. The SMILES string of the molecule is CCOC(=O)N1CCC(NC(N)=NCC2COC3(CCOCC3)O2)CC1. The Bertz CT molecular complexity index is 501. The molecule has 3 aliphatic rings. The van der Waals surface area contributed by atoms with Gasteiger partial charge in [-0.05, 0) is 19.8 Å². The van der Waals surface area contributed by atoms with E-state index < -0.39 is 5.79 Å². The third-order valence-electron chi connectivity index (χ3n) is 5.01. The van der Waals surface area contributed by atoms with Crippen LogP contribution in [0.4, 0.5) is 4.79 Å². The monoisotopic (exact) mass is 370 g/mol. The Labute approximate surface area is 154 Å². The zero-order chi connectivity index (χ0) is 18.4. The van der Waals surface area contributed by atoms with Crippen molar-refractivity contribution in [1.29, 1.82) is 0 Å². The van der Waals surface area contributed by atoms with E-state index >= 15 is 0 Å². The molecule has 0 aromatic heterocycles. The van der Waals surface area contributed by atoms with Gasteiger partial charge < -0.3 is 34.9 Å². The number of amides is 1. The first-order valence-electron chi connectivity index (χ1n) is 9.48. The maximum Gasteiger partial charge on any atom is 0.409 e. The van der Waals surface area contributed by atoms with Crippen LogP contribution in [-0.2, 0) is 18.9 Å². The molecule has 0 aromatic rings. The minimum atomic E-state index is -0.486. The van der Waals surface area contributed by atoms with Crippen LogP contribution in [0, 0.1) is 0 Å². The molecule has 3 heterocycles. The first-order valence-corrected chi connectivity index (χ1v) is 9.48. The molecule has 0 saturated carbocycles. The van der Waals surface area contributed by atoms with Gasteiger partial charge in [0.05, 0.1) is 33.0 Å². The molecular weight excluding hydrogens is 340 g/mol. The third-order valence-corrected chi connectivity index (χ3v) is 5.01. The molecule has 9 nitrogen and oxygen atoms in total. The number of hydrogen-bond donors (Lipinski definition) is 2. The van der Waals surface area contributed by atoms with E-state index in [1.54, 1.807) is 4.90 Å². The number of nitrogens with two attached hydrogens (primary N) is 1. The predicted octanol–water partition coefficient (Wildman–Crippen LogP) is 0.434. The number of aliphatic imine (C=N–C) groups is 1. The second kappa shape index (κ2) is 8.88. The van der Waals surface area contributed by atoms with Gasteiger partial charge in [0.25, 0.3) is 0 Å². The highest BCUT2D eigenvalue weighted by Gasteiger charge is 2.42. The molecule has 0 bridgehead atoms. The van der Waals surface area contributed by atoms with E-state index in [0.717, 1.165) is 25.7 Å². The topological polar surface area (TPSA) is 108 Å². The minimum absolute atomic E-state index is 0.0703. The molecule has 3 fully saturated rings. The van der Waals surface area contributed by atoms with Crippen LogP contribution in [0.25, 0.3) is 0 Å². The number of nitrogens with one attached hydrogen (secondary N) is 1. The number of likely N-dealkylation sites (tertiary alicyclic amines) is 1. The summed E-state index contributed by atoms with van der Waals surface area (Å²) < 4.78 is 22.3. The molecule has 1 atom stereocenters. The van der Waals surface area contributed by atoms with E-state index in [2.05, 4.69) is 10.3 Å². The largest absolute Gasteiger partial charge is 0.450 e. The highest BCUT2D eigenvalue weighted by atomic mass is 16.7. The summed E-state index contributed by atoms with van der Waals surface area (Å²) in [5, 5.41) is 3.24. The molecule has 0 aromatic carbocycles. The molecule has 3 saturated heterocycles. The lowest BCUT2D eigenvalue weighted by molar-refractivity contribution is -0.210. The van der Waals surface area contributed by atoms with Crippen molar-refractivity contribution in [2.45, 2.75) is 50.5 Å². The molecule has 1 unspecified atom stereocenters. The van der Waals surface area contributed by atoms with Gasteiger partial charge in [-0.3, -0.25) is 4.99 Å². The van der Waals surface area contributed by atoms with Crippen molar-refractivity contribution in [3.63, 3.8) is 0 Å². The van der Waals surface area contributed by atoms with Crippen molar-refractivity contribution < 1.29 is 23.7 Å². The number of hydrogen-bond acceptors (Lipinski definition) is 6. The standard InChI is InChI=1S/C17H30N4O5/c1-2-24-16(22)21-7-3-13(4-8-21)20-15(18)19-11-14-12-25-17(26-14)5-9-23-10-6-17/h13-14H,2-12H2,1H3,(H3,18,19,20). The van der Waals surface area contributed by atoms with Gasteiger partial charge in [0, 0.05) is 32.0 Å². The summed E-state index contributed by atoms with van der Waals surface area (Å²) in [5.41, 5.74) is 6.01. The van der Waals surface area contributed by atoms with Crippen molar-refractivity contribution in [1.82, 2.24) is 10.2 Å². The average Bonchev–Trinajstić information content (AvgIpc) is 3.04. The third kappa shape index (κ3) is 4.99. The summed E-state index contributed by atoms with van der Waals surface area (Å²) in [6.45, 7) is 5.89. The van der Waals surface area contributed by atoms with E-state index in [1.807, 2.05) is 6.92 Å². The molecule has 3 aliphatic heterocycles. The Morgan fingerprint density at radius 3 is 2.77 bits per heavy atom. The van der Waals surface area contributed by atoms with E-state index in [4.69, 9.17) is 24.7 Å². The zero-order valence-corrected chi connectivity index (χ0v) is 15.4. The highest BCUT2D eigenvalue weighted by molar-refractivity contribution is 5.78. The average molecular weight is 370 g/mol. The van der Waals surface area contributed by atoms with E-state index in [9.17, 15) is 4.79 Å². The second-order valence-corrected chi connectivity index (χ2v) is 6.90. The van der Waals surface area contributed by atoms with Gasteiger partial charge in [-0.2, -0.15) is 0 Å². The van der Waals surface area contributed by atoms with Gasteiger partial charge in [0.2, 0.25) is 0 Å². The minimum Gasteiger partial charge on any atom is -0.450 e. The van der Waals surface area contributed by atoms with Crippen molar-refractivity contribution in [3.8, 4) is 0 Å². The lowest BCUT2D eigenvalue weighted by Gasteiger charge is -2.32. The summed E-state index contributed by atoms with van der Waals surface area (Å²) >= 11 is 0. The van der Waals surface area contributed by atoms with Gasteiger partial charge in [-0.1, -0.05) is 0 Å². The fourth-order valence-electron chi connectivity index (χ4n) is 3.53. The van der Waals surface area contributed by atoms with Crippen LogP contribution in [0.2, 0.25) is 0 Å². The van der Waals surface area contributed by atoms with Crippen molar-refractivity contribution in [2.75, 3.05) is 46.1 Å². The number of guanidine groups is 1. The number of ether oxygens (including phenoxy) is 4. The Hall–Kier alpha value is -1.58. The maximum atomic E-state index is 11.7. The van der Waals surface area contributed by atoms with Gasteiger partial charge in [0.15, 0.2) is 11.7 Å². The van der Waals surface area contributed by atoms with E-state index in [-0.39, 0.29) is 18.2 Å². The number of carbonyl (C=O) groups excluding carboxylic acids is 1. The van der Waals surface area contributed by atoms with Crippen LogP contribution < -0.4 is 11.1 Å². The second-order valence-electron chi connectivity index (χ2n) is 6.90. The summed E-state index contributed by atoms with van der Waals surface area (Å²) in [6.07, 6.45) is 2.86. The Morgan fingerprint density at radius 2 is 2.08 bits per heavy atom. The number of nitrogens with zero attached hydrogens (tertiary/aromatic N) is 2. The van der Waals surface area contributed by atoms with Crippen LogP contribution in [0.3, 0.4) is 0 Å². The normalized spacial score (nSPS) is 26.9. The lowest BCUT2D eigenvalue weighted by atomic mass is 10.1. The predicted molar refractivity (Wildman–Crippen MR) is 94.9 cm³/mol. The molecule has 26 heavy (non-hydrogen) atoms. The Kier molecular flexibility index (Phi) is 6.55. The summed E-state index contributed by atoms with van der Waals surface area (Å²) in [7, 11) is 0. The fraction of sp³-hybridized carbons (Fsp3) is 0.882. The van der Waals surface area contributed by atoms with Gasteiger partial charge in [-0.15, -0.1) is 0 Å². The van der Waals surface area contributed by atoms with Crippen LogP contribution in [0.5, 0.6) is 0 Å². The van der Waals surface area contributed by atoms with Gasteiger partial charge in [-0.25, -0.2) is 4.79 Å². The van der Waals surface area contributed by atoms with Crippen molar-refractivity contribution in [3.05, 3.63) is 0 Å². The van der Waals surface area contributed by atoms with E-state index in [1.165, 1.54) is 0 Å². The Morgan fingerprint density at radius 1 is 1.35 bits per heavy atom. The van der Waals surface area contributed by atoms with Crippen LogP contribution >= 0.6 is 0 Å².